The fraction of sp³-hybridized carbons (Fsp3) is 0.778. The maximum Gasteiger partial charge on any atom is 0.229 e. The molecule has 0 spiro atoms. The summed E-state index contributed by atoms with van der Waals surface area (Å²) >= 11 is 0. The van der Waals surface area contributed by atoms with Gasteiger partial charge in [0.25, 0.3) is 0 Å². The van der Waals surface area contributed by atoms with Crippen LogP contribution in [-0.2, 0) is 11.2 Å². The average molecular weight is 200 g/mol. The van der Waals surface area contributed by atoms with E-state index in [0.717, 1.165) is 6.42 Å². The lowest BCUT2D eigenvalue weighted by molar-refractivity contribution is 0.152. The van der Waals surface area contributed by atoms with Crippen LogP contribution >= 0.6 is 0 Å². The molecule has 0 fully saturated rings. The van der Waals surface area contributed by atoms with Crippen LogP contribution in [0.4, 0.5) is 0 Å². The molecule has 0 aliphatic heterocycles. The molecule has 0 amide bonds. The maximum absolute atomic E-state index is 9.54. The molecule has 1 unspecified atom stereocenters. The van der Waals surface area contributed by atoms with Gasteiger partial charge in [0.05, 0.1) is 13.0 Å². The SMILES string of the molecule is CCCC(O)c1noc(CCOC)n1. The van der Waals surface area contributed by atoms with E-state index in [2.05, 4.69) is 10.1 Å². The average Bonchev–Trinajstić information content (AvgIpc) is 2.63. The largest absolute Gasteiger partial charge is 0.385 e. The molecule has 80 valence electrons. The van der Waals surface area contributed by atoms with Crippen LogP contribution in [-0.4, -0.2) is 29.0 Å². The van der Waals surface area contributed by atoms with Crippen molar-refractivity contribution in [2.45, 2.75) is 32.3 Å². The Morgan fingerprint density at radius 2 is 2.36 bits per heavy atom. The summed E-state index contributed by atoms with van der Waals surface area (Å²) in [6.45, 7) is 2.54. The first-order valence-corrected chi connectivity index (χ1v) is 4.77. The Morgan fingerprint density at radius 3 is 3.00 bits per heavy atom. The summed E-state index contributed by atoms with van der Waals surface area (Å²) in [5.74, 6) is 0.884. The Labute approximate surface area is 83.1 Å². The van der Waals surface area contributed by atoms with Crippen molar-refractivity contribution in [3.05, 3.63) is 11.7 Å². The second kappa shape index (κ2) is 5.72. The minimum atomic E-state index is -0.611. The van der Waals surface area contributed by atoms with Crippen LogP contribution in [0.25, 0.3) is 0 Å². The summed E-state index contributed by atoms with van der Waals surface area (Å²) in [4.78, 5) is 4.06. The number of hydrogen-bond acceptors (Lipinski definition) is 5. The molecule has 0 bridgehead atoms. The number of ether oxygens (including phenoxy) is 1. The van der Waals surface area contributed by atoms with Gasteiger partial charge >= 0.3 is 0 Å². The maximum atomic E-state index is 9.54. The van der Waals surface area contributed by atoms with Gasteiger partial charge in [-0.1, -0.05) is 18.5 Å². The zero-order valence-corrected chi connectivity index (χ0v) is 8.56. The molecule has 1 rings (SSSR count). The van der Waals surface area contributed by atoms with Gasteiger partial charge in [0.2, 0.25) is 5.89 Å². The van der Waals surface area contributed by atoms with Crippen molar-refractivity contribution in [1.29, 1.82) is 0 Å². The summed E-state index contributed by atoms with van der Waals surface area (Å²) in [5, 5.41) is 13.2. The Hall–Kier alpha value is -0.940. The Kier molecular flexibility index (Phi) is 4.55. The van der Waals surface area contributed by atoms with Gasteiger partial charge in [0, 0.05) is 7.11 Å². The summed E-state index contributed by atoms with van der Waals surface area (Å²) in [6, 6.07) is 0. The van der Waals surface area contributed by atoms with E-state index >= 15 is 0 Å². The van der Waals surface area contributed by atoms with Crippen LogP contribution in [0.5, 0.6) is 0 Å². The highest BCUT2D eigenvalue weighted by Crippen LogP contribution is 2.14. The van der Waals surface area contributed by atoms with Crippen LogP contribution in [0.1, 0.15) is 37.6 Å². The van der Waals surface area contributed by atoms with Gasteiger partial charge in [0.1, 0.15) is 6.10 Å². The number of methoxy groups -OCH3 is 1. The van der Waals surface area contributed by atoms with E-state index in [1.54, 1.807) is 7.11 Å². The molecular weight excluding hydrogens is 184 g/mol. The molecule has 1 aromatic heterocycles. The topological polar surface area (TPSA) is 68.4 Å². The van der Waals surface area contributed by atoms with Gasteiger partial charge in [-0.05, 0) is 6.42 Å². The monoisotopic (exact) mass is 200 g/mol. The molecule has 1 atom stereocenters. The second-order valence-corrected chi connectivity index (χ2v) is 3.09. The lowest BCUT2D eigenvalue weighted by Gasteiger charge is -2.01. The van der Waals surface area contributed by atoms with Crippen molar-refractivity contribution < 1.29 is 14.4 Å². The van der Waals surface area contributed by atoms with E-state index in [4.69, 9.17) is 9.26 Å². The molecule has 1 aromatic rings. The van der Waals surface area contributed by atoms with Gasteiger partial charge in [-0.2, -0.15) is 4.98 Å². The minimum absolute atomic E-state index is 0.373. The van der Waals surface area contributed by atoms with Crippen molar-refractivity contribution in [1.82, 2.24) is 10.1 Å². The number of aliphatic hydroxyl groups excluding tert-OH is 1. The van der Waals surface area contributed by atoms with E-state index in [-0.39, 0.29) is 0 Å². The number of nitrogens with zero attached hydrogens (tertiary/aromatic N) is 2. The first-order chi connectivity index (χ1) is 6.77. The Morgan fingerprint density at radius 1 is 1.57 bits per heavy atom. The molecule has 14 heavy (non-hydrogen) atoms. The molecule has 5 heteroatoms. The molecular formula is C9H16N2O3. The zero-order chi connectivity index (χ0) is 10.4. The number of aliphatic hydroxyl groups is 1. The first kappa shape index (κ1) is 11.1. The van der Waals surface area contributed by atoms with Crippen LogP contribution < -0.4 is 0 Å². The molecule has 0 saturated carbocycles. The molecule has 0 aromatic carbocycles. The fourth-order valence-corrected chi connectivity index (χ4v) is 1.10. The highest BCUT2D eigenvalue weighted by atomic mass is 16.5. The van der Waals surface area contributed by atoms with Crippen molar-refractivity contribution in [3.8, 4) is 0 Å². The van der Waals surface area contributed by atoms with E-state index < -0.39 is 6.10 Å². The summed E-state index contributed by atoms with van der Waals surface area (Å²) in [7, 11) is 1.61. The first-order valence-electron chi connectivity index (χ1n) is 4.77. The molecule has 0 radical (unpaired) electrons. The highest BCUT2D eigenvalue weighted by Gasteiger charge is 2.13. The summed E-state index contributed by atoms with van der Waals surface area (Å²) in [6.07, 6.45) is 1.52. The van der Waals surface area contributed by atoms with E-state index in [9.17, 15) is 5.11 Å². The van der Waals surface area contributed by atoms with Gasteiger partial charge in [-0.3, -0.25) is 0 Å². The van der Waals surface area contributed by atoms with Gasteiger partial charge in [-0.25, -0.2) is 0 Å². The fourth-order valence-electron chi connectivity index (χ4n) is 1.10. The molecule has 0 aliphatic carbocycles. The molecule has 5 nitrogen and oxygen atoms in total. The number of hydrogen-bond donors (Lipinski definition) is 1. The van der Waals surface area contributed by atoms with E-state index in [0.29, 0.717) is 31.2 Å². The third-order valence-electron chi connectivity index (χ3n) is 1.86. The lowest BCUT2D eigenvalue weighted by Crippen LogP contribution is -2.00. The van der Waals surface area contributed by atoms with Crippen molar-refractivity contribution in [2.75, 3.05) is 13.7 Å². The normalized spacial score (nSPS) is 13.1. The van der Waals surface area contributed by atoms with E-state index in [1.165, 1.54) is 0 Å². The van der Waals surface area contributed by atoms with Gasteiger partial charge in [0.15, 0.2) is 5.82 Å². The molecule has 0 saturated heterocycles. The molecule has 1 heterocycles. The zero-order valence-electron chi connectivity index (χ0n) is 8.56. The standard InChI is InChI=1S/C9H16N2O3/c1-3-4-7(12)9-10-8(14-11-9)5-6-13-2/h7,12H,3-6H2,1-2H3. The van der Waals surface area contributed by atoms with Crippen LogP contribution in [0.3, 0.4) is 0 Å². The number of aromatic nitrogens is 2. The van der Waals surface area contributed by atoms with Crippen molar-refractivity contribution in [2.24, 2.45) is 0 Å². The second-order valence-electron chi connectivity index (χ2n) is 3.09. The van der Waals surface area contributed by atoms with E-state index in [1.807, 2.05) is 6.92 Å². The Bertz CT molecular complexity index is 262. The highest BCUT2D eigenvalue weighted by molar-refractivity contribution is 4.90. The van der Waals surface area contributed by atoms with Gasteiger partial charge in [-0.15, -0.1) is 0 Å². The van der Waals surface area contributed by atoms with Gasteiger partial charge < -0.3 is 14.4 Å². The third-order valence-corrected chi connectivity index (χ3v) is 1.86. The predicted octanol–water partition coefficient (Wildman–Crippen LogP) is 1.09. The lowest BCUT2D eigenvalue weighted by atomic mass is 10.2. The van der Waals surface area contributed by atoms with Crippen molar-refractivity contribution in [3.63, 3.8) is 0 Å². The van der Waals surface area contributed by atoms with Crippen molar-refractivity contribution >= 4 is 0 Å². The minimum Gasteiger partial charge on any atom is -0.385 e. The summed E-state index contributed by atoms with van der Waals surface area (Å²) < 4.78 is 9.81. The quantitative estimate of drug-likeness (QED) is 0.744. The Balaban J connectivity index is 2.49. The smallest absolute Gasteiger partial charge is 0.229 e. The van der Waals surface area contributed by atoms with Crippen LogP contribution in [0, 0.1) is 0 Å². The van der Waals surface area contributed by atoms with Crippen LogP contribution in [0.15, 0.2) is 4.52 Å². The molecule has 0 aliphatic rings. The predicted molar refractivity (Wildman–Crippen MR) is 49.7 cm³/mol. The summed E-state index contributed by atoms with van der Waals surface area (Å²) in [5.41, 5.74) is 0. The van der Waals surface area contributed by atoms with Crippen LogP contribution in [0.2, 0.25) is 0 Å². The number of rotatable bonds is 6. The third kappa shape index (κ3) is 3.08. The molecule has 1 N–H and O–H groups in total.